The van der Waals surface area contributed by atoms with Crippen LogP contribution in [0.15, 0.2) is 47.6 Å². The summed E-state index contributed by atoms with van der Waals surface area (Å²) in [6, 6.07) is 10.0. The lowest BCUT2D eigenvalue weighted by atomic mass is 10.2. The molecule has 124 valence electrons. The molecule has 2 heterocycles. The van der Waals surface area contributed by atoms with Crippen LogP contribution < -0.4 is 4.90 Å². The second-order valence-electron chi connectivity index (χ2n) is 5.33. The third-order valence-corrected chi connectivity index (χ3v) is 6.20. The first-order chi connectivity index (χ1) is 11.5. The zero-order valence-electron chi connectivity index (χ0n) is 12.8. The van der Waals surface area contributed by atoms with Gasteiger partial charge in [0.2, 0.25) is 10.0 Å². The Morgan fingerprint density at radius 1 is 1.12 bits per heavy atom. The monoisotopic (exact) mass is 362 g/mol. The number of hydrogen-bond donors (Lipinski definition) is 0. The average Bonchev–Trinajstić information content (AvgIpc) is 2.62. The fraction of sp³-hybridized carbons (Fsp3) is 0.250. The van der Waals surface area contributed by atoms with Crippen molar-refractivity contribution >= 4 is 27.3 Å². The minimum absolute atomic E-state index is 0.0582. The van der Waals surface area contributed by atoms with E-state index in [4.69, 9.17) is 16.9 Å². The highest BCUT2D eigenvalue weighted by molar-refractivity contribution is 7.89. The Morgan fingerprint density at radius 2 is 1.83 bits per heavy atom. The third kappa shape index (κ3) is 3.08. The fourth-order valence-corrected chi connectivity index (χ4v) is 4.52. The zero-order chi connectivity index (χ0) is 17.2. The highest BCUT2D eigenvalue weighted by Crippen LogP contribution is 2.27. The minimum Gasteiger partial charge on any atom is -0.368 e. The lowest BCUT2D eigenvalue weighted by Crippen LogP contribution is -2.48. The summed E-state index contributed by atoms with van der Waals surface area (Å²) in [6.45, 7) is 1.72. The number of hydrogen-bond acceptors (Lipinski definition) is 5. The van der Waals surface area contributed by atoms with Crippen LogP contribution in [0.5, 0.6) is 0 Å². The number of sulfonamides is 1. The quantitative estimate of drug-likeness (QED) is 0.835. The van der Waals surface area contributed by atoms with Crippen LogP contribution in [0.2, 0.25) is 5.02 Å². The molecule has 0 spiro atoms. The Hall–Kier alpha value is -2.14. The second-order valence-corrected chi connectivity index (χ2v) is 7.64. The van der Waals surface area contributed by atoms with Gasteiger partial charge in [-0.2, -0.15) is 9.57 Å². The summed E-state index contributed by atoms with van der Waals surface area (Å²) < 4.78 is 27.0. The molecule has 1 saturated heterocycles. The number of rotatable bonds is 3. The molecule has 6 nitrogen and oxygen atoms in total. The van der Waals surface area contributed by atoms with E-state index in [0.717, 1.165) is 5.69 Å². The number of pyridine rings is 1. The van der Waals surface area contributed by atoms with Crippen LogP contribution in [0, 0.1) is 11.3 Å². The topological polar surface area (TPSA) is 77.3 Å². The van der Waals surface area contributed by atoms with Gasteiger partial charge in [-0.15, -0.1) is 0 Å². The lowest BCUT2D eigenvalue weighted by molar-refractivity contribution is 0.385. The van der Waals surface area contributed by atoms with Crippen molar-refractivity contribution < 1.29 is 8.42 Å². The van der Waals surface area contributed by atoms with Gasteiger partial charge in [0.25, 0.3) is 0 Å². The van der Waals surface area contributed by atoms with Crippen molar-refractivity contribution in [2.75, 3.05) is 31.1 Å². The highest BCUT2D eigenvalue weighted by atomic mass is 35.5. The summed E-state index contributed by atoms with van der Waals surface area (Å²) in [7, 11) is -3.68. The molecule has 1 aromatic heterocycles. The molecule has 0 saturated carbocycles. The minimum atomic E-state index is -3.68. The van der Waals surface area contributed by atoms with Gasteiger partial charge in [-0.1, -0.05) is 23.7 Å². The summed E-state index contributed by atoms with van der Waals surface area (Å²) in [5.74, 6) is 0. The van der Waals surface area contributed by atoms with Gasteiger partial charge in [-0.25, -0.2) is 8.42 Å². The Labute approximate surface area is 146 Å². The summed E-state index contributed by atoms with van der Waals surface area (Å²) in [5, 5.41) is 9.68. The number of anilines is 1. The highest BCUT2D eigenvalue weighted by Gasteiger charge is 2.30. The van der Waals surface area contributed by atoms with Crippen LogP contribution in [-0.4, -0.2) is 43.9 Å². The zero-order valence-corrected chi connectivity index (χ0v) is 14.3. The van der Waals surface area contributed by atoms with Crippen molar-refractivity contribution in [3.8, 4) is 6.07 Å². The number of nitriles is 1. The summed E-state index contributed by atoms with van der Waals surface area (Å²) in [6.07, 6.45) is 3.23. The molecular formula is C16H15ClN4O2S. The van der Waals surface area contributed by atoms with Crippen molar-refractivity contribution in [3.63, 3.8) is 0 Å². The van der Waals surface area contributed by atoms with Gasteiger partial charge in [0, 0.05) is 38.6 Å². The van der Waals surface area contributed by atoms with E-state index < -0.39 is 10.0 Å². The van der Waals surface area contributed by atoms with Crippen molar-refractivity contribution in [3.05, 3.63) is 53.3 Å². The molecular weight excluding hydrogens is 348 g/mol. The first kappa shape index (κ1) is 16.7. The Morgan fingerprint density at radius 3 is 2.50 bits per heavy atom. The SMILES string of the molecule is N#Cc1ccccc1S(=O)(=O)N1CCN(c2ccncc2Cl)CC1. The normalized spacial score (nSPS) is 15.9. The molecule has 0 unspecified atom stereocenters. The van der Waals surface area contributed by atoms with Gasteiger partial charge < -0.3 is 4.90 Å². The van der Waals surface area contributed by atoms with Crippen molar-refractivity contribution in [2.45, 2.75) is 4.90 Å². The fourth-order valence-electron chi connectivity index (χ4n) is 2.72. The molecule has 1 aliphatic heterocycles. The Kier molecular flexibility index (Phi) is 4.71. The van der Waals surface area contributed by atoms with E-state index in [1.54, 1.807) is 24.5 Å². The molecule has 1 aromatic carbocycles. The van der Waals surface area contributed by atoms with E-state index in [2.05, 4.69) is 4.98 Å². The molecule has 0 aliphatic carbocycles. The van der Waals surface area contributed by atoms with Crippen LogP contribution in [-0.2, 0) is 10.0 Å². The van der Waals surface area contributed by atoms with Crippen LogP contribution >= 0.6 is 11.6 Å². The van der Waals surface area contributed by atoms with Gasteiger partial charge in [-0.3, -0.25) is 4.98 Å². The number of benzene rings is 1. The van der Waals surface area contributed by atoms with Crippen molar-refractivity contribution in [2.24, 2.45) is 0 Å². The number of halogens is 1. The standard InChI is InChI=1S/C16H15ClN4O2S/c17-14-12-19-6-5-15(14)20-7-9-21(10-8-20)24(22,23)16-4-2-1-3-13(16)11-18/h1-6,12H,7-10H2. The first-order valence-corrected chi connectivity index (χ1v) is 9.19. The van der Waals surface area contributed by atoms with Gasteiger partial charge >= 0.3 is 0 Å². The maximum Gasteiger partial charge on any atom is 0.244 e. The molecule has 0 amide bonds. The largest absolute Gasteiger partial charge is 0.368 e. The molecule has 1 aliphatic rings. The second kappa shape index (κ2) is 6.77. The molecule has 2 aromatic rings. The molecule has 0 radical (unpaired) electrons. The molecule has 0 atom stereocenters. The summed E-state index contributed by atoms with van der Waals surface area (Å²) >= 11 is 6.15. The van der Waals surface area contributed by atoms with Crippen molar-refractivity contribution in [1.82, 2.24) is 9.29 Å². The number of aromatic nitrogens is 1. The van der Waals surface area contributed by atoms with E-state index in [9.17, 15) is 8.42 Å². The van der Waals surface area contributed by atoms with E-state index in [1.165, 1.54) is 16.4 Å². The Balaban J connectivity index is 1.79. The third-order valence-electron chi connectivity index (χ3n) is 3.96. The van der Waals surface area contributed by atoms with Gasteiger partial charge in [0.15, 0.2) is 0 Å². The lowest BCUT2D eigenvalue weighted by Gasteiger charge is -2.35. The van der Waals surface area contributed by atoms with E-state index >= 15 is 0 Å². The van der Waals surface area contributed by atoms with Crippen molar-refractivity contribution in [1.29, 1.82) is 5.26 Å². The van der Waals surface area contributed by atoms with Crippen LogP contribution in [0.4, 0.5) is 5.69 Å². The smallest absolute Gasteiger partial charge is 0.244 e. The predicted octanol–water partition coefficient (Wildman–Crippen LogP) is 2.12. The van der Waals surface area contributed by atoms with Crippen LogP contribution in [0.25, 0.3) is 0 Å². The van der Waals surface area contributed by atoms with Crippen LogP contribution in [0.1, 0.15) is 5.56 Å². The van der Waals surface area contributed by atoms with Gasteiger partial charge in [0.1, 0.15) is 6.07 Å². The summed E-state index contributed by atoms with van der Waals surface area (Å²) in [5.41, 5.74) is 1.01. The van der Waals surface area contributed by atoms with E-state index in [-0.39, 0.29) is 10.5 Å². The van der Waals surface area contributed by atoms with Gasteiger partial charge in [-0.05, 0) is 18.2 Å². The van der Waals surface area contributed by atoms with Gasteiger partial charge in [0.05, 0.1) is 21.2 Å². The van der Waals surface area contributed by atoms with E-state index in [1.807, 2.05) is 17.0 Å². The molecule has 0 N–H and O–H groups in total. The Bertz CT molecular complexity index is 887. The predicted molar refractivity (Wildman–Crippen MR) is 91.4 cm³/mol. The first-order valence-electron chi connectivity index (χ1n) is 7.38. The molecule has 3 rings (SSSR count). The average molecular weight is 363 g/mol. The maximum atomic E-state index is 12.8. The molecule has 24 heavy (non-hydrogen) atoms. The van der Waals surface area contributed by atoms with Crippen LogP contribution in [0.3, 0.4) is 0 Å². The number of nitrogens with zero attached hydrogens (tertiary/aromatic N) is 4. The summed E-state index contributed by atoms with van der Waals surface area (Å²) in [4.78, 5) is 6.05. The maximum absolute atomic E-state index is 12.8. The number of piperazine rings is 1. The van der Waals surface area contributed by atoms with E-state index in [0.29, 0.717) is 31.2 Å². The molecule has 0 bridgehead atoms. The molecule has 1 fully saturated rings. The molecule has 8 heteroatoms.